The van der Waals surface area contributed by atoms with E-state index < -0.39 is 5.92 Å². The number of amides is 3. The molecule has 0 spiro atoms. The molecule has 0 aliphatic carbocycles. The van der Waals surface area contributed by atoms with Crippen LogP contribution in [0.25, 0.3) is 38.9 Å². The summed E-state index contributed by atoms with van der Waals surface area (Å²) < 4.78 is 3.79. The second-order valence-corrected chi connectivity index (χ2v) is 17.4. The number of fused-ring (bicyclic) bond motifs is 2. The Balaban J connectivity index is 0.756. The summed E-state index contributed by atoms with van der Waals surface area (Å²) in [6, 6.07) is 27.3. The quantitative estimate of drug-likeness (QED) is 0.0958. The molecule has 3 N–H and O–H groups in total. The van der Waals surface area contributed by atoms with E-state index >= 15 is 0 Å². The van der Waals surface area contributed by atoms with Crippen molar-refractivity contribution in [3.63, 3.8) is 0 Å². The van der Waals surface area contributed by atoms with Gasteiger partial charge in [-0.2, -0.15) is 14.7 Å². The summed E-state index contributed by atoms with van der Waals surface area (Å²) in [7, 11) is 1.84. The Morgan fingerprint density at radius 3 is 2.38 bits per heavy atom. The SMILES string of the molecule is Cc1nn2c(N3CCN(CCO)CC3)cc(-c3ccccc3)nc2c1-c1cccc(CCCCCN2CCN(C(=O)CNc3ccc4c(C5CCC(=O)NC5=O)nn(C)c4c3)CC2)c1. The normalized spacial score (nSPS) is 17.7. The second-order valence-electron chi connectivity index (χ2n) is 17.4. The number of aromatic nitrogens is 5. The van der Waals surface area contributed by atoms with Crippen molar-refractivity contribution in [1.29, 1.82) is 0 Å². The van der Waals surface area contributed by atoms with Crippen molar-refractivity contribution < 1.29 is 19.5 Å². The number of unbranched alkanes of at least 4 members (excludes halogenated alkanes) is 2. The smallest absolute Gasteiger partial charge is 0.241 e. The maximum absolute atomic E-state index is 13.2. The van der Waals surface area contributed by atoms with Crippen LogP contribution in [0.5, 0.6) is 0 Å². The highest BCUT2D eigenvalue weighted by molar-refractivity contribution is 6.02. The van der Waals surface area contributed by atoms with Gasteiger partial charge < -0.3 is 20.2 Å². The van der Waals surface area contributed by atoms with Crippen LogP contribution in [-0.4, -0.2) is 141 Å². The van der Waals surface area contributed by atoms with Crippen molar-refractivity contribution in [2.75, 3.05) is 88.8 Å². The van der Waals surface area contributed by atoms with Crippen LogP contribution in [0.2, 0.25) is 0 Å². The van der Waals surface area contributed by atoms with E-state index in [1.807, 2.05) is 40.7 Å². The van der Waals surface area contributed by atoms with Gasteiger partial charge in [0.1, 0.15) is 5.82 Å². The minimum absolute atomic E-state index is 0.0803. The van der Waals surface area contributed by atoms with Crippen molar-refractivity contribution in [2.24, 2.45) is 7.05 Å². The first-order chi connectivity index (χ1) is 31.2. The predicted molar refractivity (Wildman–Crippen MR) is 249 cm³/mol. The standard InChI is InChI=1S/C49H59N11O4/c1-34-46(48-51-41(36-12-6-3-7-13-36)32-44(60(48)53-34)58-24-20-57(21-25-58)28-29-61)37-14-9-11-35(30-37)10-5-4-8-19-56-22-26-59(27-23-56)45(63)33-50-38-15-16-39-42(31-38)55(2)54-47(39)40-17-18-43(62)52-49(40)64/h3,6-7,9,11-16,30-32,40,50,61H,4-5,8,10,17-29,33H2,1-2H3,(H,52,62,64). The molecule has 15 heteroatoms. The Kier molecular flexibility index (Phi) is 13.0. The van der Waals surface area contributed by atoms with Gasteiger partial charge in [0.15, 0.2) is 5.65 Å². The monoisotopic (exact) mass is 865 g/mol. The predicted octanol–water partition coefficient (Wildman–Crippen LogP) is 4.86. The summed E-state index contributed by atoms with van der Waals surface area (Å²) >= 11 is 0. The number of aliphatic hydroxyl groups is 1. The lowest BCUT2D eigenvalue weighted by Gasteiger charge is -2.35. The van der Waals surface area contributed by atoms with Gasteiger partial charge in [-0.25, -0.2) is 4.98 Å². The van der Waals surface area contributed by atoms with Gasteiger partial charge in [0.25, 0.3) is 0 Å². The van der Waals surface area contributed by atoms with E-state index in [0.29, 0.717) is 25.1 Å². The van der Waals surface area contributed by atoms with Crippen LogP contribution in [0, 0.1) is 6.92 Å². The molecule has 3 aromatic carbocycles. The number of hydrogen-bond acceptors (Lipinski definition) is 11. The number of hydrogen-bond donors (Lipinski definition) is 3. The Morgan fingerprint density at radius 2 is 1.59 bits per heavy atom. The van der Waals surface area contributed by atoms with Crippen LogP contribution < -0.4 is 15.5 Å². The van der Waals surface area contributed by atoms with Crippen molar-refractivity contribution in [1.82, 2.24) is 44.4 Å². The number of aryl methyl sites for hydroxylation is 3. The summed E-state index contributed by atoms with van der Waals surface area (Å²) in [5.74, 6) is 0.128. The van der Waals surface area contributed by atoms with Gasteiger partial charge in [-0.15, -0.1) is 0 Å². The average Bonchev–Trinajstić information content (AvgIpc) is 3.83. The third-order valence-corrected chi connectivity index (χ3v) is 13.2. The Morgan fingerprint density at radius 1 is 0.828 bits per heavy atom. The number of carbonyl (C=O) groups excluding carboxylic acids is 3. The minimum Gasteiger partial charge on any atom is -0.395 e. The van der Waals surface area contributed by atoms with E-state index in [0.717, 1.165) is 141 Å². The number of piperazine rings is 2. The van der Waals surface area contributed by atoms with E-state index in [2.05, 4.69) is 92.0 Å². The van der Waals surface area contributed by atoms with Gasteiger partial charge in [0.2, 0.25) is 17.7 Å². The molecule has 64 heavy (non-hydrogen) atoms. The zero-order valence-electron chi connectivity index (χ0n) is 37.0. The first kappa shape index (κ1) is 43.1. The molecule has 15 nitrogen and oxygen atoms in total. The number of rotatable bonds is 15. The lowest BCUT2D eigenvalue weighted by atomic mass is 9.93. The van der Waals surface area contributed by atoms with Crippen molar-refractivity contribution in [3.8, 4) is 22.4 Å². The number of carbonyl (C=O) groups is 3. The summed E-state index contributed by atoms with van der Waals surface area (Å²) in [6.07, 6.45) is 5.11. The molecule has 1 atom stereocenters. The molecular weight excluding hydrogens is 807 g/mol. The third kappa shape index (κ3) is 9.37. The van der Waals surface area contributed by atoms with Crippen LogP contribution in [0.15, 0.2) is 78.9 Å². The second kappa shape index (κ2) is 19.3. The topological polar surface area (TPSA) is 156 Å². The van der Waals surface area contributed by atoms with Crippen molar-refractivity contribution in [3.05, 3.63) is 95.8 Å². The molecule has 0 radical (unpaired) electrons. The molecule has 3 aliphatic heterocycles. The largest absolute Gasteiger partial charge is 0.395 e. The van der Waals surface area contributed by atoms with Crippen LogP contribution in [0.4, 0.5) is 11.5 Å². The zero-order chi connectivity index (χ0) is 44.2. The molecule has 0 saturated carbocycles. The number of piperidine rings is 1. The highest BCUT2D eigenvalue weighted by atomic mass is 16.3. The van der Waals surface area contributed by atoms with Gasteiger partial charge in [-0.05, 0) is 68.5 Å². The van der Waals surface area contributed by atoms with Gasteiger partial charge >= 0.3 is 0 Å². The molecule has 0 bridgehead atoms. The minimum atomic E-state index is -0.455. The van der Waals surface area contributed by atoms with Gasteiger partial charge in [0.05, 0.1) is 41.7 Å². The molecule has 3 aliphatic rings. The molecule has 334 valence electrons. The summed E-state index contributed by atoms with van der Waals surface area (Å²) in [5.41, 5.74) is 9.72. The molecule has 6 heterocycles. The number of β-amino-alcohol motifs (C(OH)–C–C–N with tert-alkyl or cyclic N) is 1. The number of nitrogens with zero attached hydrogens (tertiary/aromatic N) is 9. The number of aliphatic hydroxyl groups excluding tert-OH is 1. The molecule has 1 unspecified atom stereocenters. The zero-order valence-corrected chi connectivity index (χ0v) is 37.0. The first-order valence-corrected chi connectivity index (χ1v) is 22.9. The van der Waals surface area contributed by atoms with E-state index in [-0.39, 0.29) is 30.9 Å². The lowest BCUT2D eigenvalue weighted by Crippen LogP contribution is -2.50. The lowest BCUT2D eigenvalue weighted by molar-refractivity contribution is -0.134. The van der Waals surface area contributed by atoms with Crippen LogP contribution in [0.1, 0.15) is 55.0 Å². The maximum Gasteiger partial charge on any atom is 0.241 e. The number of benzene rings is 3. The Hall–Kier alpha value is -6.16. The third-order valence-electron chi connectivity index (χ3n) is 13.2. The highest BCUT2D eigenvalue weighted by Crippen LogP contribution is 2.34. The van der Waals surface area contributed by atoms with E-state index in [1.54, 1.807) is 4.68 Å². The fraction of sp³-hybridized carbons (Fsp3) is 0.429. The van der Waals surface area contributed by atoms with E-state index in [1.165, 1.54) is 5.56 Å². The molecule has 3 aromatic heterocycles. The number of imide groups is 1. The molecule has 9 rings (SSSR count). The van der Waals surface area contributed by atoms with E-state index in [9.17, 15) is 19.5 Å². The highest BCUT2D eigenvalue weighted by Gasteiger charge is 2.32. The first-order valence-electron chi connectivity index (χ1n) is 22.9. The average molecular weight is 866 g/mol. The fourth-order valence-electron chi connectivity index (χ4n) is 9.61. The Bertz CT molecular complexity index is 2630. The molecule has 3 amide bonds. The molecular formula is C49H59N11O4. The van der Waals surface area contributed by atoms with Gasteiger partial charge in [-0.1, -0.05) is 61.0 Å². The van der Waals surface area contributed by atoms with Crippen LogP contribution in [-0.2, 0) is 27.9 Å². The summed E-state index contributed by atoms with van der Waals surface area (Å²) in [5, 5.41) is 25.8. The maximum atomic E-state index is 13.2. The van der Waals surface area contributed by atoms with Crippen molar-refractivity contribution in [2.45, 2.75) is 51.4 Å². The van der Waals surface area contributed by atoms with Gasteiger partial charge in [0, 0.05) is 101 Å². The van der Waals surface area contributed by atoms with Crippen molar-refractivity contribution >= 4 is 45.8 Å². The molecule has 3 saturated heterocycles. The number of anilines is 2. The molecule has 6 aromatic rings. The van der Waals surface area contributed by atoms with Gasteiger partial charge in [-0.3, -0.25) is 34.2 Å². The van der Waals surface area contributed by atoms with Crippen LogP contribution in [0.3, 0.4) is 0 Å². The Labute approximate surface area is 374 Å². The fourth-order valence-corrected chi connectivity index (χ4v) is 9.61. The van der Waals surface area contributed by atoms with Crippen LogP contribution >= 0.6 is 0 Å². The summed E-state index contributed by atoms with van der Waals surface area (Å²) in [4.78, 5) is 51.8. The van der Waals surface area contributed by atoms with E-state index in [4.69, 9.17) is 10.1 Å². The summed E-state index contributed by atoms with van der Waals surface area (Å²) in [6.45, 7) is 10.9. The number of nitrogens with one attached hydrogen (secondary N) is 2. The molecule has 3 fully saturated rings.